The lowest BCUT2D eigenvalue weighted by atomic mass is 10.1. The van der Waals surface area contributed by atoms with E-state index in [9.17, 15) is 9.59 Å². The number of carbonyl (C=O) groups is 2. The van der Waals surface area contributed by atoms with Gasteiger partial charge in [0.05, 0.1) is 6.42 Å². The molecule has 1 heterocycles. The van der Waals surface area contributed by atoms with Gasteiger partial charge in [-0.3, -0.25) is 4.79 Å². The summed E-state index contributed by atoms with van der Waals surface area (Å²) in [5, 5.41) is 8.38. The van der Waals surface area contributed by atoms with E-state index >= 15 is 0 Å². The molecule has 19 heavy (non-hydrogen) atoms. The van der Waals surface area contributed by atoms with Crippen LogP contribution in [0.15, 0.2) is 18.2 Å². The van der Waals surface area contributed by atoms with Gasteiger partial charge in [-0.05, 0) is 37.5 Å². The van der Waals surface area contributed by atoms with Crippen molar-refractivity contribution in [2.45, 2.75) is 32.7 Å². The van der Waals surface area contributed by atoms with Crippen LogP contribution in [0.1, 0.15) is 25.0 Å². The molecule has 102 valence electrons. The summed E-state index contributed by atoms with van der Waals surface area (Å²) in [7, 11) is 0. The molecule has 1 aliphatic heterocycles. The van der Waals surface area contributed by atoms with Gasteiger partial charge in [0.15, 0.2) is 0 Å². The lowest BCUT2D eigenvalue weighted by Gasteiger charge is -2.10. The van der Waals surface area contributed by atoms with Gasteiger partial charge >= 0.3 is 6.03 Å². The smallest absolute Gasteiger partial charge is 0.314 e. The van der Waals surface area contributed by atoms with E-state index in [0.29, 0.717) is 13.0 Å². The summed E-state index contributed by atoms with van der Waals surface area (Å²) in [6.45, 7) is 4.42. The zero-order valence-electron chi connectivity index (χ0n) is 11.2. The molecule has 0 fully saturated rings. The quantitative estimate of drug-likeness (QED) is 0.767. The first-order valence-corrected chi connectivity index (χ1v) is 6.50. The molecule has 5 nitrogen and oxygen atoms in total. The molecule has 0 unspecified atom stereocenters. The number of hydrogen-bond acceptors (Lipinski definition) is 2. The van der Waals surface area contributed by atoms with E-state index in [-0.39, 0.29) is 18.0 Å². The highest BCUT2D eigenvalue weighted by molar-refractivity contribution is 5.99. The van der Waals surface area contributed by atoms with Crippen molar-refractivity contribution in [2.24, 2.45) is 0 Å². The Hall–Kier alpha value is -2.04. The Balaban J connectivity index is 1.83. The second-order valence-electron chi connectivity index (χ2n) is 5.02. The number of hydrogen-bond donors (Lipinski definition) is 3. The highest BCUT2D eigenvalue weighted by atomic mass is 16.2. The Morgan fingerprint density at radius 1 is 1.42 bits per heavy atom. The van der Waals surface area contributed by atoms with Crippen LogP contribution in [-0.2, 0) is 17.6 Å². The number of urea groups is 1. The van der Waals surface area contributed by atoms with Crippen LogP contribution < -0.4 is 16.0 Å². The fourth-order valence-electron chi connectivity index (χ4n) is 2.07. The van der Waals surface area contributed by atoms with Crippen LogP contribution in [0.5, 0.6) is 0 Å². The van der Waals surface area contributed by atoms with E-state index in [1.165, 1.54) is 0 Å². The fourth-order valence-corrected chi connectivity index (χ4v) is 2.07. The average Bonchev–Trinajstić information content (AvgIpc) is 2.67. The Morgan fingerprint density at radius 3 is 2.95 bits per heavy atom. The summed E-state index contributed by atoms with van der Waals surface area (Å²) in [5.74, 6) is 0.0431. The van der Waals surface area contributed by atoms with Crippen molar-refractivity contribution in [2.75, 3.05) is 11.9 Å². The molecule has 0 atom stereocenters. The van der Waals surface area contributed by atoms with Crippen LogP contribution in [0.4, 0.5) is 10.5 Å². The summed E-state index contributed by atoms with van der Waals surface area (Å²) in [5.41, 5.74) is 3.06. The molecule has 0 aromatic heterocycles. The Labute approximate surface area is 112 Å². The van der Waals surface area contributed by atoms with E-state index < -0.39 is 0 Å². The van der Waals surface area contributed by atoms with Gasteiger partial charge in [0.2, 0.25) is 5.91 Å². The molecule has 0 radical (unpaired) electrons. The van der Waals surface area contributed by atoms with Crippen molar-refractivity contribution in [3.8, 4) is 0 Å². The minimum absolute atomic E-state index is 0.0431. The molecule has 1 aromatic rings. The molecule has 0 bridgehead atoms. The molecule has 1 aromatic carbocycles. The number of benzene rings is 1. The maximum Gasteiger partial charge on any atom is 0.314 e. The number of anilines is 1. The predicted octanol–water partition coefficient (Wildman–Crippen LogP) is 1.43. The van der Waals surface area contributed by atoms with E-state index in [1.54, 1.807) is 0 Å². The van der Waals surface area contributed by atoms with Crippen LogP contribution in [-0.4, -0.2) is 24.5 Å². The number of amides is 3. The minimum Gasteiger partial charge on any atom is -0.338 e. The first-order valence-electron chi connectivity index (χ1n) is 6.50. The summed E-state index contributed by atoms with van der Waals surface area (Å²) >= 11 is 0. The molecule has 1 aliphatic rings. The van der Waals surface area contributed by atoms with Crippen molar-refractivity contribution in [1.29, 1.82) is 0 Å². The molecule has 3 N–H and O–H groups in total. The van der Waals surface area contributed by atoms with Crippen molar-refractivity contribution in [1.82, 2.24) is 10.6 Å². The zero-order valence-corrected chi connectivity index (χ0v) is 11.2. The van der Waals surface area contributed by atoms with Gasteiger partial charge in [0.25, 0.3) is 0 Å². The predicted molar refractivity (Wildman–Crippen MR) is 74.2 cm³/mol. The second kappa shape index (κ2) is 5.73. The standard InChI is InChI=1S/C14H19N3O2/c1-9(2)16-14(19)15-6-5-10-3-4-12-11(7-10)8-13(18)17-12/h3-4,7,9H,5-6,8H2,1-2H3,(H,17,18)(H2,15,16,19). The first kappa shape index (κ1) is 13.4. The molecule has 5 heteroatoms. The molecule has 0 saturated carbocycles. The van der Waals surface area contributed by atoms with Gasteiger partial charge in [-0.2, -0.15) is 0 Å². The molecule has 0 saturated heterocycles. The third-order valence-electron chi connectivity index (χ3n) is 2.91. The molecule has 3 amide bonds. The molecule has 0 aliphatic carbocycles. The zero-order chi connectivity index (χ0) is 13.8. The first-order chi connectivity index (χ1) is 9.04. The monoisotopic (exact) mass is 261 g/mol. The Morgan fingerprint density at radius 2 is 2.21 bits per heavy atom. The number of carbonyl (C=O) groups excluding carboxylic acids is 2. The van der Waals surface area contributed by atoms with Crippen LogP contribution in [0.2, 0.25) is 0 Å². The van der Waals surface area contributed by atoms with Crippen LogP contribution in [0.3, 0.4) is 0 Å². The second-order valence-corrected chi connectivity index (χ2v) is 5.02. The van der Waals surface area contributed by atoms with Gasteiger partial charge in [0, 0.05) is 18.3 Å². The maximum atomic E-state index is 11.4. The van der Waals surface area contributed by atoms with Gasteiger partial charge in [-0.1, -0.05) is 12.1 Å². The summed E-state index contributed by atoms with van der Waals surface area (Å²) < 4.78 is 0. The summed E-state index contributed by atoms with van der Waals surface area (Å²) in [6, 6.07) is 5.91. The normalized spacial score (nSPS) is 13.1. The van der Waals surface area contributed by atoms with E-state index in [1.807, 2.05) is 32.0 Å². The topological polar surface area (TPSA) is 70.2 Å². The van der Waals surface area contributed by atoms with Gasteiger partial charge in [-0.15, -0.1) is 0 Å². The summed E-state index contributed by atoms with van der Waals surface area (Å²) in [4.78, 5) is 22.6. The van der Waals surface area contributed by atoms with Crippen molar-refractivity contribution in [3.63, 3.8) is 0 Å². The molecular formula is C14H19N3O2. The van der Waals surface area contributed by atoms with E-state index in [0.717, 1.165) is 23.2 Å². The van der Waals surface area contributed by atoms with Gasteiger partial charge in [0.1, 0.15) is 0 Å². The Kier molecular flexibility index (Phi) is 4.04. The van der Waals surface area contributed by atoms with E-state index in [4.69, 9.17) is 0 Å². The largest absolute Gasteiger partial charge is 0.338 e. The lowest BCUT2D eigenvalue weighted by molar-refractivity contribution is -0.115. The van der Waals surface area contributed by atoms with Crippen LogP contribution in [0.25, 0.3) is 0 Å². The van der Waals surface area contributed by atoms with Gasteiger partial charge < -0.3 is 16.0 Å². The third-order valence-corrected chi connectivity index (χ3v) is 2.91. The van der Waals surface area contributed by atoms with Crippen molar-refractivity contribution < 1.29 is 9.59 Å². The lowest BCUT2D eigenvalue weighted by Crippen LogP contribution is -2.40. The molecule has 0 spiro atoms. The number of rotatable bonds is 4. The SMILES string of the molecule is CC(C)NC(=O)NCCc1ccc2c(c1)CC(=O)N2. The fraction of sp³-hybridized carbons (Fsp3) is 0.429. The third kappa shape index (κ3) is 3.71. The molecule has 2 rings (SSSR count). The molecular weight excluding hydrogens is 242 g/mol. The number of nitrogens with one attached hydrogen (secondary N) is 3. The van der Waals surface area contributed by atoms with Crippen LogP contribution >= 0.6 is 0 Å². The van der Waals surface area contributed by atoms with Crippen molar-refractivity contribution in [3.05, 3.63) is 29.3 Å². The van der Waals surface area contributed by atoms with Gasteiger partial charge in [-0.25, -0.2) is 4.79 Å². The Bertz CT molecular complexity index is 497. The van der Waals surface area contributed by atoms with Crippen molar-refractivity contribution >= 4 is 17.6 Å². The average molecular weight is 261 g/mol. The summed E-state index contributed by atoms with van der Waals surface area (Å²) in [6.07, 6.45) is 1.21. The minimum atomic E-state index is -0.145. The highest BCUT2D eigenvalue weighted by Crippen LogP contribution is 2.23. The van der Waals surface area contributed by atoms with E-state index in [2.05, 4.69) is 16.0 Å². The number of fused-ring (bicyclic) bond motifs is 1. The van der Waals surface area contributed by atoms with Crippen LogP contribution in [0, 0.1) is 0 Å². The maximum absolute atomic E-state index is 11.4. The highest BCUT2D eigenvalue weighted by Gasteiger charge is 2.17.